The summed E-state index contributed by atoms with van der Waals surface area (Å²) in [6.45, 7) is 1.36. The summed E-state index contributed by atoms with van der Waals surface area (Å²) >= 11 is 0. The van der Waals surface area contributed by atoms with E-state index < -0.39 is 6.09 Å². The molecule has 4 heterocycles. The lowest BCUT2D eigenvalue weighted by molar-refractivity contribution is -0.0544. The first-order chi connectivity index (χ1) is 21.0. The molecule has 14 heteroatoms. The summed E-state index contributed by atoms with van der Waals surface area (Å²) in [5, 5.41) is 15.2. The van der Waals surface area contributed by atoms with Crippen molar-refractivity contribution in [3.63, 3.8) is 0 Å². The molecule has 3 aromatic heterocycles. The number of oxazole rings is 1. The van der Waals surface area contributed by atoms with Gasteiger partial charge in [0.2, 0.25) is 5.89 Å². The van der Waals surface area contributed by atoms with Crippen molar-refractivity contribution in [3.05, 3.63) is 83.9 Å². The second-order valence-corrected chi connectivity index (χ2v) is 10.1. The van der Waals surface area contributed by atoms with Crippen LogP contribution in [-0.4, -0.2) is 67.3 Å². The molecule has 43 heavy (non-hydrogen) atoms. The second kappa shape index (κ2) is 12.3. The van der Waals surface area contributed by atoms with Crippen molar-refractivity contribution in [3.8, 4) is 11.5 Å². The highest BCUT2D eigenvalue weighted by Crippen LogP contribution is 2.34. The van der Waals surface area contributed by atoms with Crippen LogP contribution in [0.3, 0.4) is 0 Å². The molecule has 0 bridgehead atoms. The highest BCUT2D eigenvalue weighted by Gasteiger charge is 2.33. The molecule has 0 radical (unpaired) electrons. The van der Waals surface area contributed by atoms with Crippen LogP contribution in [0, 0.1) is 5.92 Å². The Bertz CT molecular complexity index is 1740. The summed E-state index contributed by atoms with van der Waals surface area (Å²) in [6, 6.07) is 17.9. The van der Waals surface area contributed by atoms with Gasteiger partial charge in [-0.15, -0.1) is 10.2 Å². The number of carbonyl (C=O) groups is 2. The third kappa shape index (κ3) is 6.04. The Balaban J connectivity index is 1.16. The maximum absolute atomic E-state index is 13.5. The minimum atomic E-state index is -1.24. The number of aromatic nitrogens is 6. The zero-order chi connectivity index (χ0) is 29.8. The molecule has 1 saturated heterocycles. The monoisotopic (exact) mass is 586 g/mol. The molecule has 1 N–H and O–H groups in total. The largest absolute Gasteiger partial charge is 0.449 e. The van der Waals surface area contributed by atoms with E-state index in [1.54, 1.807) is 35.0 Å². The van der Waals surface area contributed by atoms with Crippen molar-refractivity contribution in [1.29, 1.82) is 0 Å². The van der Waals surface area contributed by atoms with E-state index in [-0.39, 0.29) is 41.7 Å². The minimum Gasteiger partial charge on any atom is -0.436 e. The van der Waals surface area contributed by atoms with E-state index in [2.05, 4.69) is 47.8 Å². The maximum atomic E-state index is 13.5. The Morgan fingerprint density at radius 3 is 2.70 bits per heavy atom. The Hall–Kier alpha value is -5.24. The zero-order valence-electron chi connectivity index (χ0n) is 23.1. The number of benzene rings is 2. The number of nitrogens with zero attached hydrogens (tertiary/aromatic N) is 7. The van der Waals surface area contributed by atoms with Gasteiger partial charge in [0, 0.05) is 42.2 Å². The first-order valence-electron chi connectivity index (χ1n) is 13.6. The molecular weight excluding hydrogens is 559 g/mol. The van der Waals surface area contributed by atoms with Gasteiger partial charge in [-0.1, -0.05) is 30.3 Å². The van der Waals surface area contributed by atoms with E-state index in [4.69, 9.17) is 9.15 Å². The van der Waals surface area contributed by atoms with Crippen molar-refractivity contribution in [1.82, 2.24) is 35.1 Å². The highest BCUT2D eigenvalue weighted by molar-refractivity contribution is 5.93. The number of carbonyl (C=O) groups excluding carboxylic acids is 2. The van der Waals surface area contributed by atoms with Crippen molar-refractivity contribution < 1.29 is 28.2 Å². The van der Waals surface area contributed by atoms with Gasteiger partial charge in [-0.2, -0.15) is 4.80 Å². The van der Waals surface area contributed by atoms with E-state index >= 15 is 0 Å². The molecule has 0 aliphatic carbocycles. The molecule has 2 amide bonds. The second-order valence-electron chi connectivity index (χ2n) is 10.1. The van der Waals surface area contributed by atoms with Crippen molar-refractivity contribution in [2.24, 2.45) is 5.92 Å². The summed E-state index contributed by atoms with van der Waals surface area (Å²) in [4.78, 5) is 40.0. The summed E-state index contributed by atoms with van der Waals surface area (Å²) in [5.41, 5.74) is 3.08. The topological polar surface area (TPSA) is 150 Å². The molecule has 13 nitrogen and oxygen atoms in total. The number of methoxy groups -OCH3 is 1. The van der Waals surface area contributed by atoms with E-state index in [0.717, 1.165) is 18.4 Å². The lowest BCUT2D eigenvalue weighted by Gasteiger charge is -2.35. The third-order valence-corrected chi connectivity index (χ3v) is 7.34. The van der Waals surface area contributed by atoms with Gasteiger partial charge in [-0.25, -0.2) is 14.7 Å². The number of likely N-dealkylation sites (tertiary alicyclic amines) is 1. The number of fused-ring (bicyclic) bond motifs is 1. The molecule has 220 valence electrons. The number of piperidine rings is 1. The lowest BCUT2D eigenvalue weighted by Crippen LogP contribution is -2.41. The van der Waals surface area contributed by atoms with Crippen LogP contribution in [0.4, 0.5) is 15.0 Å². The van der Waals surface area contributed by atoms with Gasteiger partial charge in [0.25, 0.3) is 5.91 Å². The van der Waals surface area contributed by atoms with E-state index in [1.807, 2.05) is 18.2 Å². The molecule has 6 rings (SSSR count). The molecular formula is C29H27FN8O5. The number of ether oxygens (including phenoxy) is 1. The summed E-state index contributed by atoms with van der Waals surface area (Å²) < 4.78 is 23.1. The number of hydrogen-bond acceptors (Lipinski definition) is 10. The molecule has 1 aliphatic heterocycles. The lowest BCUT2D eigenvalue weighted by atomic mass is 9.85. The maximum Gasteiger partial charge on any atom is 0.449 e. The van der Waals surface area contributed by atoms with Gasteiger partial charge in [0.1, 0.15) is 23.9 Å². The van der Waals surface area contributed by atoms with Crippen LogP contribution in [0.25, 0.3) is 22.6 Å². The summed E-state index contributed by atoms with van der Waals surface area (Å²) in [6.07, 6.45) is 1.77. The smallest absolute Gasteiger partial charge is 0.436 e. The number of anilines is 1. The van der Waals surface area contributed by atoms with Crippen LogP contribution in [0.5, 0.6) is 0 Å². The van der Waals surface area contributed by atoms with Crippen LogP contribution < -0.4 is 5.32 Å². The third-order valence-electron chi connectivity index (χ3n) is 7.34. The molecule has 5 aromatic rings. The van der Waals surface area contributed by atoms with Gasteiger partial charge in [0.15, 0.2) is 11.4 Å². The average molecular weight is 587 g/mol. The molecule has 1 fully saturated rings. The quantitative estimate of drug-likeness (QED) is 0.273. The van der Waals surface area contributed by atoms with Crippen molar-refractivity contribution >= 4 is 28.8 Å². The number of tetrazole rings is 1. The molecule has 2 aromatic carbocycles. The molecule has 1 unspecified atom stereocenters. The molecule has 0 spiro atoms. The number of amides is 2. The number of pyridine rings is 1. The van der Waals surface area contributed by atoms with Crippen molar-refractivity contribution in [2.45, 2.75) is 25.5 Å². The Morgan fingerprint density at radius 1 is 1.12 bits per heavy atom. The minimum absolute atomic E-state index is 0.129. The fourth-order valence-corrected chi connectivity index (χ4v) is 5.33. The van der Waals surface area contributed by atoms with Gasteiger partial charge < -0.3 is 14.1 Å². The predicted octanol–water partition coefficient (Wildman–Crippen LogP) is 4.60. The average Bonchev–Trinajstić information content (AvgIpc) is 3.69. The first-order valence-corrected chi connectivity index (χ1v) is 13.6. The molecule has 1 atom stereocenters. The number of rotatable bonds is 8. The van der Waals surface area contributed by atoms with Crippen LogP contribution >= 0.6 is 0 Å². The van der Waals surface area contributed by atoms with Crippen LogP contribution in [0.1, 0.15) is 40.8 Å². The van der Waals surface area contributed by atoms with Crippen LogP contribution in [-0.2, 0) is 16.3 Å². The number of nitrogens with one attached hydrogen (secondary N) is 1. The van der Waals surface area contributed by atoms with Gasteiger partial charge in [-0.3, -0.25) is 15.1 Å². The SMILES string of the molecule is COCc1nnn(C(c2ccccc2)C2CCN(C(=O)c3cc(-c4nc5cc(NC(=O)OF)ccc5o4)ccn3)CC2)n1. The fourth-order valence-electron chi connectivity index (χ4n) is 5.33. The van der Waals surface area contributed by atoms with Gasteiger partial charge >= 0.3 is 6.09 Å². The van der Waals surface area contributed by atoms with Crippen LogP contribution in [0.15, 0.2) is 71.3 Å². The van der Waals surface area contributed by atoms with E-state index in [1.165, 1.54) is 18.3 Å². The Labute approximate surface area is 244 Å². The predicted molar refractivity (Wildman–Crippen MR) is 150 cm³/mol. The van der Waals surface area contributed by atoms with E-state index in [9.17, 15) is 14.1 Å². The van der Waals surface area contributed by atoms with Crippen molar-refractivity contribution in [2.75, 3.05) is 25.5 Å². The first kappa shape index (κ1) is 27.9. The normalized spacial score (nSPS) is 14.5. The number of halogens is 1. The fraction of sp³-hybridized carbons (Fsp3) is 0.276. The Morgan fingerprint density at radius 2 is 1.93 bits per heavy atom. The Kier molecular flexibility index (Phi) is 8.00. The zero-order valence-corrected chi connectivity index (χ0v) is 23.1. The standard InChI is InChI=1S/C29H27FN8O5/c1-41-17-25-34-36-38(35-25)26(18-5-3-2-4-6-18)19-10-13-37(14-11-19)28(39)23-15-20(9-12-31-23)27-33-22-16-21(32-29(40)43-30)7-8-24(22)42-27/h2-9,12,15-16,19,26H,10-11,13-14,17H2,1H3,(H,32,40). The summed E-state index contributed by atoms with van der Waals surface area (Å²) in [7, 11) is 1.59. The van der Waals surface area contributed by atoms with Gasteiger partial charge in [-0.05, 0) is 59.9 Å². The van der Waals surface area contributed by atoms with Crippen LogP contribution in [0.2, 0.25) is 0 Å². The van der Waals surface area contributed by atoms with E-state index in [0.29, 0.717) is 35.6 Å². The molecule has 1 aliphatic rings. The molecule has 0 saturated carbocycles. The summed E-state index contributed by atoms with van der Waals surface area (Å²) in [5.74, 6) is 0.778. The number of hydrogen-bond donors (Lipinski definition) is 1. The van der Waals surface area contributed by atoms with Gasteiger partial charge in [0.05, 0.1) is 0 Å². The highest BCUT2D eigenvalue weighted by atomic mass is 19.3.